The standard InChI is InChI=1S/C15H11BrN2O4/c1-2-9-3-8-12(19)13(14(9)18(21)22)15(20)17-11-6-4-10(16)5-7-11/h2-8,19H,1H2,(H,17,20). The zero-order valence-corrected chi connectivity index (χ0v) is 12.8. The van der Waals surface area contributed by atoms with Crippen LogP contribution in [0.1, 0.15) is 15.9 Å². The van der Waals surface area contributed by atoms with E-state index in [0.29, 0.717) is 5.69 Å². The number of rotatable bonds is 4. The average molecular weight is 363 g/mol. The number of nitro benzene ring substituents is 1. The van der Waals surface area contributed by atoms with Crippen molar-refractivity contribution in [1.29, 1.82) is 0 Å². The molecule has 0 fully saturated rings. The minimum atomic E-state index is -0.768. The van der Waals surface area contributed by atoms with E-state index in [4.69, 9.17) is 0 Å². The van der Waals surface area contributed by atoms with Crippen LogP contribution in [0.5, 0.6) is 5.75 Å². The van der Waals surface area contributed by atoms with Crippen molar-refractivity contribution in [3.63, 3.8) is 0 Å². The van der Waals surface area contributed by atoms with Gasteiger partial charge in [0.25, 0.3) is 11.6 Å². The summed E-state index contributed by atoms with van der Waals surface area (Å²) in [5.41, 5.74) is -0.274. The normalized spacial score (nSPS) is 10.0. The number of phenols is 1. The third kappa shape index (κ3) is 3.15. The van der Waals surface area contributed by atoms with E-state index in [-0.39, 0.29) is 5.56 Å². The van der Waals surface area contributed by atoms with Crippen molar-refractivity contribution >= 4 is 39.3 Å². The first-order chi connectivity index (χ1) is 10.4. The number of hydrogen-bond donors (Lipinski definition) is 2. The van der Waals surface area contributed by atoms with Gasteiger partial charge in [-0.1, -0.05) is 28.6 Å². The van der Waals surface area contributed by atoms with Crippen molar-refractivity contribution in [3.05, 3.63) is 68.7 Å². The number of anilines is 1. The molecule has 2 rings (SSSR count). The number of nitrogens with zero attached hydrogens (tertiary/aromatic N) is 1. The van der Waals surface area contributed by atoms with Crippen molar-refractivity contribution in [1.82, 2.24) is 0 Å². The Balaban J connectivity index is 2.46. The first-order valence-electron chi connectivity index (χ1n) is 6.13. The highest BCUT2D eigenvalue weighted by molar-refractivity contribution is 9.10. The van der Waals surface area contributed by atoms with Gasteiger partial charge in [0, 0.05) is 10.2 Å². The fourth-order valence-corrected chi connectivity index (χ4v) is 2.17. The molecular formula is C15H11BrN2O4. The first kappa shape index (κ1) is 15.7. The van der Waals surface area contributed by atoms with E-state index in [2.05, 4.69) is 27.8 Å². The molecule has 0 radical (unpaired) electrons. The van der Waals surface area contributed by atoms with E-state index in [1.807, 2.05) is 0 Å². The van der Waals surface area contributed by atoms with E-state index >= 15 is 0 Å². The quantitative estimate of drug-likeness (QED) is 0.635. The number of halogens is 1. The molecule has 112 valence electrons. The highest BCUT2D eigenvalue weighted by Gasteiger charge is 2.27. The summed E-state index contributed by atoms with van der Waals surface area (Å²) in [6.07, 6.45) is 1.26. The van der Waals surface area contributed by atoms with Crippen molar-refractivity contribution in [2.24, 2.45) is 0 Å². The van der Waals surface area contributed by atoms with Gasteiger partial charge in [0.15, 0.2) is 5.56 Å². The van der Waals surface area contributed by atoms with Crippen molar-refractivity contribution in [3.8, 4) is 5.75 Å². The molecule has 2 N–H and O–H groups in total. The molecular weight excluding hydrogens is 352 g/mol. The van der Waals surface area contributed by atoms with Crippen molar-refractivity contribution < 1.29 is 14.8 Å². The third-order valence-electron chi connectivity index (χ3n) is 2.92. The number of nitrogens with one attached hydrogen (secondary N) is 1. The molecule has 7 heteroatoms. The van der Waals surface area contributed by atoms with Gasteiger partial charge in [0.05, 0.1) is 10.5 Å². The second-order valence-corrected chi connectivity index (χ2v) is 5.24. The summed E-state index contributed by atoms with van der Waals surface area (Å²) in [5.74, 6) is -1.23. The second-order valence-electron chi connectivity index (χ2n) is 4.32. The monoisotopic (exact) mass is 362 g/mol. The molecule has 0 spiro atoms. The van der Waals surface area contributed by atoms with Gasteiger partial charge in [-0.25, -0.2) is 0 Å². The molecule has 0 saturated heterocycles. The van der Waals surface area contributed by atoms with Crippen LogP contribution in [0, 0.1) is 10.1 Å². The number of carbonyl (C=O) groups excluding carboxylic acids is 1. The summed E-state index contributed by atoms with van der Waals surface area (Å²) in [7, 11) is 0. The van der Waals surface area contributed by atoms with Gasteiger partial charge < -0.3 is 10.4 Å². The van der Waals surface area contributed by atoms with Crippen LogP contribution in [0.15, 0.2) is 47.4 Å². The summed E-state index contributed by atoms with van der Waals surface area (Å²) in [6, 6.07) is 9.23. The Morgan fingerprint density at radius 3 is 2.45 bits per heavy atom. The lowest BCUT2D eigenvalue weighted by molar-refractivity contribution is -0.385. The maximum atomic E-state index is 12.3. The number of aromatic hydroxyl groups is 1. The fraction of sp³-hybridized carbons (Fsp3) is 0. The molecule has 0 atom stereocenters. The maximum Gasteiger partial charge on any atom is 0.293 e. The molecule has 0 aliphatic carbocycles. The summed E-state index contributed by atoms with van der Waals surface area (Å²) < 4.78 is 0.827. The topological polar surface area (TPSA) is 92.5 Å². The van der Waals surface area contributed by atoms with Crippen LogP contribution in [0.25, 0.3) is 6.08 Å². The third-order valence-corrected chi connectivity index (χ3v) is 3.45. The zero-order valence-electron chi connectivity index (χ0n) is 11.2. The Morgan fingerprint density at radius 2 is 1.91 bits per heavy atom. The lowest BCUT2D eigenvalue weighted by atomic mass is 10.0. The number of phenolic OH excluding ortho intramolecular Hbond substituents is 1. The lowest BCUT2D eigenvalue weighted by Gasteiger charge is -2.09. The van der Waals surface area contributed by atoms with Gasteiger partial charge >= 0.3 is 0 Å². The van der Waals surface area contributed by atoms with E-state index in [0.717, 1.165) is 4.47 Å². The number of benzene rings is 2. The van der Waals surface area contributed by atoms with Gasteiger partial charge in [0.2, 0.25) is 0 Å². The number of nitro groups is 1. The van der Waals surface area contributed by atoms with Crippen molar-refractivity contribution in [2.75, 3.05) is 5.32 Å². The lowest BCUT2D eigenvalue weighted by Crippen LogP contribution is -2.15. The van der Waals surface area contributed by atoms with Crippen LogP contribution in [-0.2, 0) is 0 Å². The predicted octanol–water partition coefficient (Wildman–Crippen LogP) is 3.96. The van der Waals surface area contributed by atoms with E-state index < -0.39 is 27.8 Å². The molecule has 0 aliphatic heterocycles. The summed E-state index contributed by atoms with van der Waals surface area (Å²) in [5, 5.41) is 23.6. The molecule has 2 aromatic carbocycles. The van der Waals surface area contributed by atoms with Crippen molar-refractivity contribution in [2.45, 2.75) is 0 Å². The fourth-order valence-electron chi connectivity index (χ4n) is 1.91. The minimum absolute atomic E-state index is 0.156. The molecule has 0 unspecified atom stereocenters. The Hall–Kier alpha value is -2.67. The van der Waals surface area contributed by atoms with Crippen LogP contribution >= 0.6 is 15.9 Å². The van der Waals surface area contributed by atoms with Gasteiger partial charge in [-0.15, -0.1) is 0 Å². The zero-order chi connectivity index (χ0) is 16.3. The molecule has 0 aromatic heterocycles. The average Bonchev–Trinajstić information content (AvgIpc) is 2.48. The molecule has 22 heavy (non-hydrogen) atoms. The molecule has 1 amide bonds. The van der Waals surface area contributed by atoms with Gasteiger partial charge in [-0.05, 0) is 36.4 Å². The molecule has 6 nitrogen and oxygen atoms in total. The smallest absolute Gasteiger partial charge is 0.293 e. The van der Waals surface area contributed by atoms with Crippen LogP contribution in [0.2, 0.25) is 0 Å². The van der Waals surface area contributed by atoms with Crippen LogP contribution in [0.3, 0.4) is 0 Å². The predicted molar refractivity (Wildman–Crippen MR) is 86.9 cm³/mol. The molecule has 2 aromatic rings. The summed E-state index contributed by atoms with van der Waals surface area (Å²) in [6.45, 7) is 3.47. The van der Waals surface area contributed by atoms with E-state index in [9.17, 15) is 20.0 Å². The number of carbonyl (C=O) groups is 1. The van der Waals surface area contributed by atoms with E-state index in [1.54, 1.807) is 24.3 Å². The van der Waals surface area contributed by atoms with Gasteiger partial charge in [-0.2, -0.15) is 0 Å². The van der Waals surface area contributed by atoms with Gasteiger partial charge in [-0.3, -0.25) is 14.9 Å². The molecule has 0 aliphatic rings. The molecule has 0 heterocycles. The molecule has 0 bridgehead atoms. The van der Waals surface area contributed by atoms with E-state index in [1.165, 1.54) is 18.2 Å². The Morgan fingerprint density at radius 1 is 1.27 bits per heavy atom. The number of amides is 1. The Labute approximate surface area is 134 Å². The SMILES string of the molecule is C=Cc1ccc(O)c(C(=O)Nc2ccc(Br)cc2)c1[N+](=O)[O-]. The molecule has 0 saturated carbocycles. The van der Waals surface area contributed by atoms with Crippen LogP contribution in [-0.4, -0.2) is 15.9 Å². The first-order valence-corrected chi connectivity index (χ1v) is 6.93. The number of hydrogen-bond acceptors (Lipinski definition) is 4. The summed E-state index contributed by atoms with van der Waals surface area (Å²) >= 11 is 3.26. The van der Waals surface area contributed by atoms with Crippen LogP contribution < -0.4 is 5.32 Å². The Kier molecular flexibility index (Phi) is 4.57. The highest BCUT2D eigenvalue weighted by Crippen LogP contribution is 2.32. The highest BCUT2D eigenvalue weighted by atomic mass is 79.9. The minimum Gasteiger partial charge on any atom is -0.507 e. The Bertz CT molecular complexity index is 757. The largest absolute Gasteiger partial charge is 0.507 e. The maximum absolute atomic E-state index is 12.3. The van der Waals surface area contributed by atoms with Gasteiger partial charge in [0.1, 0.15) is 5.75 Å². The second kappa shape index (κ2) is 6.40. The summed E-state index contributed by atoms with van der Waals surface area (Å²) in [4.78, 5) is 22.8. The van der Waals surface area contributed by atoms with Crippen LogP contribution in [0.4, 0.5) is 11.4 Å².